The molecule has 1 heterocycles. The summed E-state index contributed by atoms with van der Waals surface area (Å²) in [6, 6.07) is 0.946. The Hall–Kier alpha value is -1.70. The van der Waals surface area contributed by atoms with Crippen LogP contribution in [0.15, 0.2) is 6.07 Å². The lowest BCUT2D eigenvalue weighted by Crippen LogP contribution is -2.19. The molecule has 9 heteroatoms. The van der Waals surface area contributed by atoms with Crippen molar-refractivity contribution >= 4 is 17.6 Å². The Bertz CT molecular complexity index is 493. The summed E-state index contributed by atoms with van der Waals surface area (Å²) in [7, 11) is 1.09. The number of pyridine rings is 1. The predicted octanol–water partition coefficient (Wildman–Crippen LogP) is 2.90. The number of ether oxygens (including phenoxy) is 3. The Morgan fingerprint density at radius 1 is 1.45 bits per heavy atom. The summed E-state index contributed by atoms with van der Waals surface area (Å²) in [5.41, 5.74) is -0.401. The number of rotatable bonds is 5. The van der Waals surface area contributed by atoms with E-state index in [1.54, 1.807) is 6.92 Å². The van der Waals surface area contributed by atoms with E-state index in [1.165, 1.54) is 0 Å². The first-order valence-electron chi connectivity index (χ1n) is 5.39. The van der Waals surface area contributed by atoms with Crippen molar-refractivity contribution in [2.24, 2.45) is 0 Å². The monoisotopic (exact) mass is 313 g/mol. The molecule has 0 amide bonds. The number of esters is 1. The second kappa shape index (κ2) is 6.65. The maximum atomic E-state index is 12.3. The number of carbonyl (C=O) groups is 1. The maximum Gasteiger partial charge on any atom is 0.573 e. The number of halogens is 4. The molecule has 0 unspecified atom stereocenters. The molecule has 0 N–H and O–H groups in total. The van der Waals surface area contributed by atoms with Crippen LogP contribution in [0, 0.1) is 0 Å². The first-order valence-corrected chi connectivity index (χ1v) is 5.92. The highest BCUT2D eigenvalue weighted by Gasteiger charge is 2.34. The van der Waals surface area contributed by atoms with Crippen molar-refractivity contribution < 1.29 is 32.2 Å². The summed E-state index contributed by atoms with van der Waals surface area (Å²) in [5, 5.41) is 0. The lowest BCUT2D eigenvalue weighted by atomic mass is 10.2. The van der Waals surface area contributed by atoms with Gasteiger partial charge in [0.05, 0.1) is 25.3 Å². The van der Waals surface area contributed by atoms with Crippen molar-refractivity contribution in [2.45, 2.75) is 19.2 Å². The van der Waals surface area contributed by atoms with E-state index in [-0.39, 0.29) is 18.2 Å². The Morgan fingerprint density at radius 2 is 2.10 bits per heavy atom. The van der Waals surface area contributed by atoms with Crippen LogP contribution >= 0.6 is 11.6 Å². The lowest BCUT2D eigenvalue weighted by Gasteiger charge is -2.15. The summed E-state index contributed by atoms with van der Waals surface area (Å²) in [5.74, 6) is -2.29. The molecule has 20 heavy (non-hydrogen) atoms. The highest BCUT2D eigenvalue weighted by molar-refractivity contribution is 6.17. The molecule has 0 saturated carbocycles. The summed E-state index contributed by atoms with van der Waals surface area (Å²) in [4.78, 5) is 15.5. The van der Waals surface area contributed by atoms with Gasteiger partial charge in [0.15, 0.2) is 17.2 Å². The van der Waals surface area contributed by atoms with E-state index < -0.39 is 29.5 Å². The first kappa shape index (κ1) is 16.4. The van der Waals surface area contributed by atoms with E-state index in [9.17, 15) is 18.0 Å². The molecule has 0 aliphatic heterocycles. The number of nitrogens with zero attached hydrogens (tertiary/aromatic N) is 1. The van der Waals surface area contributed by atoms with Crippen LogP contribution in [0.1, 0.15) is 23.1 Å². The van der Waals surface area contributed by atoms with Crippen LogP contribution in [0.5, 0.6) is 11.5 Å². The zero-order valence-corrected chi connectivity index (χ0v) is 11.3. The van der Waals surface area contributed by atoms with E-state index >= 15 is 0 Å². The number of alkyl halides is 4. The van der Waals surface area contributed by atoms with Gasteiger partial charge in [0.25, 0.3) is 0 Å². The molecule has 0 fully saturated rings. The average Bonchev–Trinajstić information content (AvgIpc) is 2.36. The third kappa shape index (κ3) is 4.16. The topological polar surface area (TPSA) is 57.7 Å². The summed E-state index contributed by atoms with van der Waals surface area (Å²) < 4.78 is 50.2. The van der Waals surface area contributed by atoms with Crippen LogP contribution in [-0.4, -0.2) is 31.0 Å². The highest BCUT2D eigenvalue weighted by Crippen LogP contribution is 2.35. The quantitative estimate of drug-likeness (QED) is 0.618. The van der Waals surface area contributed by atoms with E-state index in [1.807, 2.05) is 0 Å². The first-order chi connectivity index (χ1) is 9.32. The van der Waals surface area contributed by atoms with Gasteiger partial charge in [-0.3, -0.25) is 0 Å². The number of aromatic nitrogens is 1. The third-order valence-corrected chi connectivity index (χ3v) is 2.30. The Morgan fingerprint density at radius 3 is 2.55 bits per heavy atom. The molecule has 0 aliphatic carbocycles. The molecule has 0 spiro atoms. The minimum Gasteiger partial charge on any atom is -0.491 e. The van der Waals surface area contributed by atoms with Crippen LogP contribution in [0.3, 0.4) is 0 Å². The minimum absolute atomic E-state index is 0.0229. The molecule has 0 radical (unpaired) electrons. The van der Waals surface area contributed by atoms with Crippen LogP contribution in [0.2, 0.25) is 0 Å². The molecule has 0 aromatic carbocycles. The Kier molecular flexibility index (Phi) is 5.43. The largest absolute Gasteiger partial charge is 0.573 e. The summed E-state index contributed by atoms with van der Waals surface area (Å²) in [6.45, 7) is 1.58. The Balaban J connectivity index is 3.34. The van der Waals surface area contributed by atoms with Crippen molar-refractivity contribution in [2.75, 3.05) is 13.7 Å². The molecule has 5 nitrogen and oxygen atoms in total. The fourth-order valence-corrected chi connectivity index (χ4v) is 1.50. The number of methoxy groups -OCH3 is 1. The second-order valence-corrected chi connectivity index (χ2v) is 3.66. The van der Waals surface area contributed by atoms with Crippen LogP contribution in [-0.2, 0) is 10.6 Å². The van der Waals surface area contributed by atoms with Gasteiger partial charge in [0, 0.05) is 6.07 Å². The highest BCUT2D eigenvalue weighted by atomic mass is 35.5. The van der Waals surface area contributed by atoms with Crippen molar-refractivity contribution in [3.8, 4) is 11.5 Å². The zero-order valence-electron chi connectivity index (χ0n) is 10.6. The van der Waals surface area contributed by atoms with Crippen molar-refractivity contribution in [1.82, 2.24) is 4.98 Å². The van der Waals surface area contributed by atoms with E-state index in [4.69, 9.17) is 21.1 Å². The standard InChI is InChI=1S/C11H11ClF3NO4/c1-3-19-10(17)8-9(18-2)7(20-11(13,14)15)4-6(5-12)16-8/h4H,3,5H2,1-2H3. The maximum absolute atomic E-state index is 12.3. The zero-order chi connectivity index (χ0) is 15.3. The van der Waals surface area contributed by atoms with Gasteiger partial charge in [-0.1, -0.05) is 0 Å². The SMILES string of the molecule is CCOC(=O)c1nc(CCl)cc(OC(F)(F)F)c1OC. The summed E-state index contributed by atoms with van der Waals surface area (Å²) in [6.07, 6.45) is -4.94. The van der Waals surface area contributed by atoms with Gasteiger partial charge in [0.2, 0.25) is 0 Å². The number of carbonyl (C=O) groups excluding carboxylic acids is 1. The van der Waals surface area contributed by atoms with E-state index in [0.29, 0.717) is 0 Å². The molecule has 1 rings (SSSR count). The molecular formula is C11H11ClF3NO4. The molecule has 112 valence electrons. The van der Waals surface area contributed by atoms with E-state index in [2.05, 4.69) is 9.72 Å². The third-order valence-electron chi connectivity index (χ3n) is 2.03. The lowest BCUT2D eigenvalue weighted by molar-refractivity contribution is -0.275. The minimum atomic E-state index is -4.94. The van der Waals surface area contributed by atoms with Gasteiger partial charge >= 0.3 is 12.3 Å². The van der Waals surface area contributed by atoms with Crippen molar-refractivity contribution in [3.63, 3.8) is 0 Å². The van der Waals surface area contributed by atoms with Crippen LogP contribution in [0.4, 0.5) is 13.2 Å². The Labute approximate surface area is 117 Å². The van der Waals surface area contributed by atoms with Gasteiger partial charge in [-0.2, -0.15) is 0 Å². The van der Waals surface area contributed by atoms with Crippen molar-refractivity contribution in [1.29, 1.82) is 0 Å². The molecule has 1 aromatic rings. The van der Waals surface area contributed by atoms with Crippen LogP contribution in [0.25, 0.3) is 0 Å². The second-order valence-electron chi connectivity index (χ2n) is 3.40. The van der Waals surface area contributed by atoms with Gasteiger partial charge in [0.1, 0.15) is 0 Å². The molecule has 0 bridgehead atoms. The number of hydrogen-bond acceptors (Lipinski definition) is 5. The normalized spacial score (nSPS) is 11.1. The van der Waals surface area contributed by atoms with E-state index in [0.717, 1.165) is 13.2 Å². The molecule has 0 aliphatic rings. The molecule has 0 atom stereocenters. The fraction of sp³-hybridized carbons (Fsp3) is 0.455. The fourth-order valence-electron chi connectivity index (χ4n) is 1.36. The van der Waals surface area contributed by atoms with Crippen molar-refractivity contribution in [3.05, 3.63) is 17.5 Å². The predicted molar refractivity (Wildman–Crippen MR) is 63.0 cm³/mol. The average molecular weight is 314 g/mol. The van der Waals surface area contributed by atoms with Crippen LogP contribution < -0.4 is 9.47 Å². The number of hydrogen-bond donors (Lipinski definition) is 0. The van der Waals surface area contributed by atoms with Gasteiger partial charge < -0.3 is 14.2 Å². The molecule has 1 aromatic heterocycles. The molecular weight excluding hydrogens is 303 g/mol. The van der Waals surface area contributed by atoms with Gasteiger partial charge in [-0.15, -0.1) is 24.8 Å². The van der Waals surface area contributed by atoms with Gasteiger partial charge in [-0.25, -0.2) is 9.78 Å². The molecule has 0 saturated heterocycles. The van der Waals surface area contributed by atoms with Gasteiger partial charge in [-0.05, 0) is 6.92 Å². The smallest absolute Gasteiger partial charge is 0.491 e. The summed E-state index contributed by atoms with van der Waals surface area (Å²) >= 11 is 5.53.